The molecule has 3 heterocycles. The van der Waals surface area contributed by atoms with Crippen LogP contribution in [-0.4, -0.2) is 40.6 Å². The van der Waals surface area contributed by atoms with Gasteiger partial charge in [0.25, 0.3) is 5.91 Å². The first-order valence-electron chi connectivity index (χ1n) is 8.65. The van der Waals surface area contributed by atoms with Crippen molar-refractivity contribution in [3.05, 3.63) is 51.6 Å². The quantitative estimate of drug-likeness (QED) is 0.815. The molecule has 0 atom stereocenters. The van der Waals surface area contributed by atoms with Gasteiger partial charge in [-0.15, -0.1) is 12.4 Å². The summed E-state index contributed by atoms with van der Waals surface area (Å²) in [6.45, 7) is 2.87. The van der Waals surface area contributed by atoms with E-state index in [2.05, 4.69) is 15.5 Å². The SMILES string of the molecule is Cl.O=C(c1n[nH]c2c1CCNC2)N1CCC(c2cccc(F)c2Cl)CC1. The fourth-order valence-corrected chi connectivity index (χ4v) is 4.08. The van der Waals surface area contributed by atoms with E-state index in [9.17, 15) is 9.18 Å². The van der Waals surface area contributed by atoms with E-state index < -0.39 is 0 Å². The van der Waals surface area contributed by atoms with E-state index in [1.807, 2.05) is 11.0 Å². The van der Waals surface area contributed by atoms with Crippen LogP contribution < -0.4 is 5.32 Å². The molecule has 2 N–H and O–H groups in total. The molecule has 8 heteroatoms. The second kappa shape index (κ2) is 7.94. The lowest BCUT2D eigenvalue weighted by atomic mass is 9.89. The number of benzene rings is 1. The Morgan fingerprint density at radius 3 is 2.85 bits per heavy atom. The minimum Gasteiger partial charge on any atom is -0.337 e. The second-order valence-electron chi connectivity index (χ2n) is 6.67. The van der Waals surface area contributed by atoms with E-state index in [1.165, 1.54) is 6.07 Å². The van der Waals surface area contributed by atoms with Gasteiger partial charge in [-0.1, -0.05) is 23.7 Å². The van der Waals surface area contributed by atoms with Crippen molar-refractivity contribution in [2.75, 3.05) is 19.6 Å². The summed E-state index contributed by atoms with van der Waals surface area (Å²) < 4.78 is 13.7. The number of nitrogens with one attached hydrogen (secondary N) is 2. The lowest BCUT2D eigenvalue weighted by Gasteiger charge is -2.32. The molecule has 4 rings (SSSR count). The summed E-state index contributed by atoms with van der Waals surface area (Å²) >= 11 is 6.11. The minimum absolute atomic E-state index is 0. The fourth-order valence-electron chi connectivity index (χ4n) is 3.80. The van der Waals surface area contributed by atoms with Crippen LogP contribution in [0.3, 0.4) is 0 Å². The molecule has 1 amide bonds. The number of rotatable bonds is 2. The third-order valence-electron chi connectivity index (χ3n) is 5.21. The summed E-state index contributed by atoms with van der Waals surface area (Å²) in [4.78, 5) is 14.7. The summed E-state index contributed by atoms with van der Waals surface area (Å²) in [7, 11) is 0. The molecule has 1 saturated heterocycles. The number of halogens is 3. The summed E-state index contributed by atoms with van der Waals surface area (Å²) in [6.07, 6.45) is 2.38. The Balaban J connectivity index is 0.00000196. The summed E-state index contributed by atoms with van der Waals surface area (Å²) in [5.74, 6) is -0.206. The van der Waals surface area contributed by atoms with Gasteiger partial charge in [-0.05, 0) is 43.4 Å². The standard InChI is InChI=1S/C18H20ClFN4O.ClH/c19-16-12(2-1-3-14(16)20)11-5-8-24(9-6-11)18(25)17-13-4-7-21-10-15(13)22-23-17;/h1-3,11,21H,4-10H2,(H,22,23);1H. The Labute approximate surface area is 162 Å². The highest BCUT2D eigenvalue weighted by molar-refractivity contribution is 6.31. The number of nitrogens with zero attached hydrogens (tertiary/aromatic N) is 2. The number of likely N-dealkylation sites (tertiary alicyclic amines) is 1. The number of fused-ring (bicyclic) bond motifs is 1. The first kappa shape index (κ1) is 19.1. The molecule has 2 aromatic rings. The summed E-state index contributed by atoms with van der Waals surface area (Å²) in [6, 6.07) is 4.95. The van der Waals surface area contributed by atoms with Crippen LogP contribution >= 0.6 is 24.0 Å². The molecule has 5 nitrogen and oxygen atoms in total. The first-order valence-corrected chi connectivity index (χ1v) is 9.03. The van der Waals surface area contributed by atoms with Gasteiger partial charge in [0, 0.05) is 25.2 Å². The molecule has 0 radical (unpaired) electrons. The maximum Gasteiger partial charge on any atom is 0.274 e. The van der Waals surface area contributed by atoms with Crippen molar-refractivity contribution < 1.29 is 9.18 Å². The molecule has 2 aliphatic rings. The Morgan fingerprint density at radius 1 is 1.31 bits per heavy atom. The van der Waals surface area contributed by atoms with Gasteiger partial charge in [0.15, 0.2) is 5.69 Å². The molecule has 140 valence electrons. The number of hydrogen-bond donors (Lipinski definition) is 2. The molecule has 1 fully saturated rings. The third kappa shape index (κ3) is 3.46. The first-order chi connectivity index (χ1) is 12.1. The van der Waals surface area contributed by atoms with Gasteiger partial charge < -0.3 is 10.2 Å². The highest BCUT2D eigenvalue weighted by Gasteiger charge is 2.30. The molecular weight excluding hydrogens is 378 g/mol. The topological polar surface area (TPSA) is 61.0 Å². The summed E-state index contributed by atoms with van der Waals surface area (Å²) in [5.41, 5.74) is 3.45. The van der Waals surface area contributed by atoms with Crippen molar-refractivity contribution in [1.29, 1.82) is 0 Å². The number of amides is 1. The van der Waals surface area contributed by atoms with Gasteiger partial charge >= 0.3 is 0 Å². The van der Waals surface area contributed by atoms with E-state index in [0.717, 1.165) is 49.2 Å². The van der Waals surface area contributed by atoms with E-state index in [0.29, 0.717) is 18.8 Å². The van der Waals surface area contributed by atoms with E-state index in [-0.39, 0.29) is 35.1 Å². The van der Waals surface area contributed by atoms with Gasteiger partial charge in [0.2, 0.25) is 0 Å². The van der Waals surface area contributed by atoms with Crippen molar-refractivity contribution in [2.45, 2.75) is 31.7 Å². The smallest absolute Gasteiger partial charge is 0.274 e. The largest absolute Gasteiger partial charge is 0.337 e. The van der Waals surface area contributed by atoms with Crippen molar-refractivity contribution in [3.63, 3.8) is 0 Å². The predicted octanol–water partition coefficient (Wildman–Crippen LogP) is 3.29. The van der Waals surface area contributed by atoms with Gasteiger partial charge in [0.05, 0.1) is 10.7 Å². The van der Waals surface area contributed by atoms with Crippen molar-refractivity contribution in [3.8, 4) is 0 Å². The molecule has 0 aliphatic carbocycles. The van der Waals surface area contributed by atoms with Gasteiger partial charge in [-0.25, -0.2) is 4.39 Å². The van der Waals surface area contributed by atoms with Crippen LogP contribution in [0.15, 0.2) is 18.2 Å². The number of hydrogen-bond acceptors (Lipinski definition) is 3. The van der Waals surface area contributed by atoms with Crippen LogP contribution in [0.2, 0.25) is 5.02 Å². The monoisotopic (exact) mass is 398 g/mol. The van der Waals surface area contributed by atoms with Crippen LogP contribution in [-0.2, 0) is 13.0 Å². The van der Waals surface area contributed by atoms with E-state index in [4.69, 9.17) is 11.6 Å². The normalized spacial score (nSPS) is 17.5. The number of piperidine rings is 1. The Bertz CT molecular complexity index is 802. The van der Waals surface area contributed by atoms with E-state index in [1.54, 1.807) is 6.07 Å². The number of aromatic nitrogens is 2. The molecule has 1 aromatic carbocycles. The van der Waals surface area contributed by atoms with Crippen LogP contribution in [0.4, 0.5) is 4.39 Å². The fraction of sp³-hybridized carbons (Fsp3) is 0.444. The molecular formula is C18H21Cl2FN4O. The molecule has 2 aliphatic heterocycles. The highest BCUT2D eigenvalue weighted by atomic mass is 35.5. The van der Waals surface area contributed by atoms with Crippen LogP contribution in [0.25, 0.3) is 0 Å². The zero-order chi connectivity index (χ0) is 17.4. The van der Waals surface area contributed by atoms with Crippen molar-refractivity contribution in [2.24, 2.45) is 0 Å². The molecule has 0 bridgehead atoms. The second-order valence-corrected chi connectivity index (χ2v) is 7.04. The Hall–Kier alpha value is -1.63. The van der Waals surface area contributed by atoms with Crippen molar-refractivity contribution >= 4 is 29.9 Å². The zero-order valence-corrected chi connectivity index (χ0v) is 15.8. The maximum absolute atomic E-state index is 13.7. The number of carbonyl (C=O) groups excluding carboxylic acids is 1. The van der Waals surface area contributed by atoms with Gasteiger partial charge in [-0.3, -0.25) is 9.89 Å². The predicted molar refractivity (Wildman–Crippen MR) is 101 cm³/mol. The third-order valence-corrected chi connectivity index (χ3v) is 5.61. The molecule has 1 aromatic heterocycles. The lowest BCUT2D eigenvalue weighted by molar-refractivity contribution is 0.0705. The number of H-pyrrole nitrogens is 1. The maximum atomic E-state index is 13.7. The molecule has 26 heavy (non-hydrogen) atoms. The van der Waals surface area contributed by atoms with Crippen LogP contribution in [0.5, 0.6) is 0 Å². The Morgan fingerprint density at radius 2 is 2.08 bits per heavy atom. The number of carbonyl (C=O) groups is 1. The minimum atomic E-state index is -0.380. The molecule has 0 saturated carbocycles. The summed E-state index contributed by atoms with van der Waals surface area (Å²) in [5, 5.41) is 10.7. The van der Waals surface area contributed by atoms with Crippen LogP contribution in [0.1, 0.15) is 46.1 Å². The van der Waals surface area contributed by atoms with Gasteiger partial charge in [0.1, 0.15) is 5.82 Å². The van der Waals surface area contributed by atoms with Crippen LogP contribution in [0, 0.1) is 5.82 Å². The average Bonchev–Trinajstić information content (AvgIpc) is 3.08. The molecule has 0 unspecified atom stereocenters. The zero-order valence-electron chi connectivity index (χ0n) is 14.2. The number of aromatic amines is 1. The van der Waals surface area contributed by atoms with E-state index >= 15 is 0 Å². The Kier molecular flexibility index (Phi) is 5.85. The average molecular weight is 399 g/mol. The van der Waals surface area contributed by atoms with Gasteiger partial charge in [-0.2, -0.15) is 5.10 Å². The van der Waals surface area contributed by atoms with Crippen molar-refractivity contribution in [1.82, 2.24) is 20.4 Å². The highest BCUT2D eigenvalue weighted by Crippen LogP contribution is 2.34. The lowest BCUT2D eigenvalue weighted by Crippen LogP contribution is -2.39. The molecule has 0 spiro atoms.